The van der Waals surface area contributed by atoms with Crippen molar-refractivity contribution in [2.45, 2.75) is 0 Å². The minimum Gasteiger partial charge on any atom is 0 e. The van der Waals surface area contributed by atoms with Crippen molar-refractivity contribution in [3.8, 4) is 0 Å². The van der Waals surface area contributed by atoms with E-state index < -0.39 is 0 Å². The van der Waals surface area contributed by atoms with Crippen molar-refractivity contribution in [3.63, 3.8) is 0 Å². The topological polar surface area (TPSA) is 0 Å². The Hall–Kier alpha value is 8.79. The summed E-state index contributed by atoms with van der Waals surface area (Å²) in [5.74, 6) is 0. The van der Waals surface area contributed by atoms with Gasteiger partial charge in [-0.25, -0.2) is 0 Å². The molecule has 0 amide bonds. The van der Waals surface area contributed by atoms with E-state index in [0.29, 0.717) is 0 Å². The van der Waals surface area contributed by atoms with Gasteiger partial charge in [-0.3, -0.25) is 0 Å². The average molecular weight is 1310 g/mol. The van der Waals surface area contributed by atoms with E-state index in [1.54, 1.807) is 0 Å². The van der Waals surface area contributed by atoms with Crippen molar-refractivity contribution < 1.29 is 0 Å². The van der Waals surface area contributed by atoms with Gasteiger partial charge in [0.15, 0.2) is 0 Å². The standard InChI is InChI=1S/11Sn. The zero-order valence-electron chi connectivity index (χ0n) is 5.50. The van der Waals surface area contributed by atoms with Crippen LogP contribution in [-0.4, -0.2) is 263 Å². The zero-order chi connectivity index (χ0) is 0. The van der Waals surface area contributed by atoms with E-state index in [0.717, 1.165) is 0 Å². The number of rotatable bonds is 0. The van der Waals surface area contributed by atoms with Gasteiger partial charge in [-0.05, 0) is 0 Å². The summed E-state index contributed by atoms with van der Waals surface area (Å²) in [7, 11) is 0. The predicted octanol–water partition coefficient (Wildman–Crippen LogP) is -4.19. The Bertz CT molecular complexity index is 0. The Kier molecular flexibility index (Phi) is 633. The van der Waals surface area contributed by atoms with Crippen LogP contribution in [0.3, 0.4) is 0 Å². The Morgan fingerprint density at radius 3 is 0.0909 bits per heavy atom. The summed E-state index contributed by atoms with van der Waals surface area (Å²) in [6.45, 7) is 0. The van der Waals surface area contributed by atoms with E-state index in [1.165, 1.54) is 0 Å². The van der Waals surface area contributed by atoms with Gasteiger partial charge in [0.05, 0.1) is 0 Å². The molecule has 44 valence electrons. The van der Waals surface area contributed by atoms with Gasteiger partial charge >= 0.3 is 0 Å². The first-order chi connectivity index (χ1) is 0. The first kappa shape index (κ1) is 90.5. The van der Waals surface area contributed by atoms with Crippen LogP contribution in [0.1, 0.15) is 0 Å². The largest absolute Gasteiger partial charge is 0 e. The zero-order valence-corrected chi connectivity index (χ0v) is 36.9. The molecule has 0 bridgehead atoms. The molecule has 0 saturated carbocycles. The fourth-order valence-electron chi connectivity index (χ4n) is 0. The van der Waals surface area contributed by atoms with E-state index in [4.69, 9.17) is 0 Å². The molecular formula is Sn11. The summed E-state index contributed by atoms with van der Waals surface area (Å²) in [6.07, 6.45) is 0. The first-order valence-corrected chi connectivity index (χ1v) is 0. The van der Waals surface area contributed by atoms with Gasteiger partial charge in [0.1, 0.15) is 0 Å². The molecule has 11 heteroatoms. The summed E-state index contributed by atoms with van der Waals surface area (Å²) in [6, 6.07) is 0. The Morgan fingerprint density at radius 1 is 0.0909 bits per heavy atom. The molecule has 0 spiro atoms. The fraction of sp³-hybridized carbons (Fsp3) is 0. The van der Waals surface area contributed by atoms with Crippen LogP contribution < -0.4 is 0 Å². The molecule has 0 aromatic rings. The smallest absolute Gasteiger partial charge is 0 e. The van der Waals surface area contributed by atoms with Crippen LogP contribution in [0.4, 0.5) is 0 Å². The van der Waals surface area contributed by atoms with E-state index in [-0.39, 0.29) is 263 Å². The SMILES string of the molecule is [Sn].[Sn].[Sn].[Sn].[Sn].[Sn].[Sn].[Sn].[Sn].[Sn].[Sn]. The van der Waals surface area contributed by atoms with Gasteiger partial charge in [0.25, 0.3) is 0 Å². The maximum Gasteiger partial charge on any atom is 0 e. The maximum atomic E-state index is 0. The molecule has 11 heavy (non-hydrogen) atoms. The Morgan fingerprint density at radius 2 is 0.0909 bits per heavy atom. The molecule has 0 N–H and O–H groups in total. The second-order valence-corrected chi connectivity index (χ2v) is 0. The van der Waals surface area contributed by atoms with Crippen LogP contribution in [0.25, 0.3) is 0 Å². The van der Waals surface area contributed by atoms with Crippen molar-refractivity contribution in [3.05, 3.63) is 0 Å². The fourth-order valence-corrected chi connectivity index (χ4v) is 0. The van der Waals surface area contributed by atoms with Crippen molar-refractivity contribution in [1.82, 2.24) is 0 Å². The molecule has 0 heterocycles. The molecule has 0 unspecified atom stereocenters. The normalized spacial score (nSPS) is 0. The van der Waals surface area contributed by atoms with E-state index in [1.807, 2.05) is 0 Å². The van der Waals surface area contributed by atoms with E-state index in [9.17, 15) is 0 Å². The molecule has 0 aliphatic heterocycles. The minimum absolute atomic E-state index is 0. The minimum atomic E-state index is 0. The molecule has 0 aromatic heterocycles. The van der Waals surface area contributed by atoms with Gasteiger partial charge in [-0.1, -0.05) is 0 Å². The molecule has 0 rings (SSSR count). The average Bonchev–Trinajstić information content (AvgIpc) is 0. The molecule has 0 aromatic carbocycles. The number of hydrogen-bond acceptors (Lipinski definition) is 0. The van der Waals surface area contributed by atoms with Crippen LogP contribution in [0.2, 0.25) is 0 Å². The Balaban J connectivity index is 0. The van der Waals surface area contributed by atoms with Crippen LogP contribution >= 0.6 is 0 Å². The maximum absolute atomic E-state index is 0. The Labute approximate surface area is 255 Å². The monoisotopic (exact) mass is 1320 g/mol. The summed E-state index contributed by atoms with van der Waals surface area (Å²) in [4.78, 5) is 0. The predicted molar refractivity (Wildman–Crippen MR) is 63.3 cm³/mol. The van der Waals surface area contributed by atoms with Crippen LogP contribution in [0, 0.1) is 0 Å². The molecule has 0 nitrogen and oxygen atoms in total. The summed E-state index contributed by atoms with van der Waals surface area (Å²) in [5, 5.41) is 0. The molecule has 0 aliphatic rings. The van der Waals surface area contributed by atoms with Crippen LogP contribution in [0.15, 0.2) is 0 Å². The summed E-state index contributed by atoms with van der Waals surface area (Å²) in [5.41, 5.74) is 0. The summed E-state index contributed by atoms with van der Waals surface area (Å²) < 4.78 is 0. The third-order valence-corrected chi connectivity index (χ3v) is 0. The molecule has 0 fully saturated rings. The van der Waals surface area contributed by atoms with E-state index >= 15 is 0 Å². The van der Waals surface area contributed by atoms with Gasteiger partial charge < -0.3 is 0 Å². The van der Waals surface area contributed by atoms with Crippen LogP contribution in [0.5, 0.6) is 0 Å². The molecule has 0 atom stereocenters. The summed E-state index contributed by atoms with van der Waals surface area (Å²) >= 11 is 0. The van der Waals surface area contributed by atoms with Gasteiger partial charge in [-0.2, -0.15) is 0 Å². The van der Waals surface area contributed by atoms with Crippen molar-refractivity contribution in [2.75, 3.05) is 0 Å². The third-order valence-electron chi connectivity index (χ3n) is 0. The first-order valence-electron chi connectivity index (χ1n) is 0. The molecule has 0 aliphatic carbocycles. The number of hydrogen-bond donors (Lipinski definition) is 0. The van der Waals surface area contributed by atoms with Crippen molar-refractivity contribution in [1.29, 1.82) is 0 Å². The quantitative estimate of drug-likeness (QED) is 0.217. The van der Waals surface area contributed by atoms with Crippen molar-refractivity contribution in [2.24, 2.45) is 0 Å². The van der Waals surface area contributed by atoms with Gasteiger partial charge in [-0.15, -0.1) is 0 Å². The third kappa shape index (κ3) is 68.6. The second-order valence-electron chi connectivity index (χ2n) is 0. The van der Waals surface area contributed by atoms with Crippen LogP contribution in [-0.2, 0) is 0 Å². The molecule has 0 saturated heterocycles. The molecular weight excluding hydrogens is 1310 g/mol. The second kappa shape index (κ2) is 77.0. The van der Waals surface area contributed by atoms with Gasteiger partial charge in [0.2, 0.25) is 0 Å². The van der Waals surface area contributed by atoms with Gasteiger partial charge in [0, 0.05) is 263 Å². The van der Waals surface area contributed by atoms with E-state index in [2.05, 4.69) is 0 Å². The van der Waals surface area contributed by atoms with Crippen molar-refractivity contribution >= 4 is 263 Å². The molecule has 44 radical (unpaired) electrons.